The van der Waals surface area contributed by atoms with E-state index < -0.39 is 0 Å². The first kappa shape index (κ1) is 14.4. The number of nitrogens with zero attached hydrogens (tertiary/aromatic N) is 1. The lowest BCUT2D eigenvalue weighted by atomic mass is 9.99. The summed E-state index contributed by atoms with van der Waals surface area (Å²) in [5.41, 5.74) is 0. The predicted octanol–water partition coefficient (Wildman–Crippen LogP) is -0.0141. The largest absolute Gasteiger partial charge is 0.396 e. The molecule has 1 fully saturated rings. The van der Waals surface area contributed by atoms with E-state index in [9.17, 15) is 4.79 Å². The van der Waals surface area contributed by atoms with E-state index in [4.69, 9.17) is 9.84 Å². The van der Waals surface area contributed by atoms with Gasteiger partial charge in [0.25, 0.3) is 0 Å². The van der Waals surface area contributed by atoms with E-state index in [-0.39, 0.29) is 18.6 Å². The average Bonchev–Trinajstić information content (AvgIpc) is 2.35. The molecule has 1 aliphatic heterocycles. The molecule has 0 saturated carbocycles. The van der Waals surface area contributed by atoms with Gasteiger partial charge >= 0.3 is 0 Å². The maximum atomic E-state index is 12.0. The Morgan fingerprint density at radius 3 is 3.06 bits per heavy atom. The highest BCUT2D eigenvalue weighted by Crippen LogP contribution is 2.19. The molecule has 17 heavy (non-hydrogen) atoms. The van der Waals surface area contributed by atoms with Crippen LogP contribution in [0.1, 0.15) is 25.7 Å². The zero-order valence-electron chi connectivity index (χ0n) is 10.7. The van der Waals surface area contributed by atoms with Gasteiger partial charge in [-0.05, 0) is 25.7 Å². The number of hydrogen-bond acceptors (Lipinski definition) is 4. The van der Waals surface area contributed by atoms with Gasteiger partial charge in [-0.25, -0.2) is 0 Å². The number of piperidine rings is 1. The molecule has 1 aliphatic rings. The van der Waals surface area contributed by atoms with Crippen molar-refractivity contribution in [3.63, 3.8) is 0 Å². The molecule has 0 radical (unpaired) electrons. The quantitative estimate of drug-likeness (QED) is 0.618. The van der Waals surface area contributed by atoms with Crippen molar-refractivity contribution in [2.75, 3.05) is 40.0 Å². The molecule has 5 nitrogen and oxygen atoms in total. The van der Waals surface area contributed by atoms with E-state index in [0.29, 0.717) is 26.1 Å². The third-order valence-corrected chi connectivity index (χ3v) is 3.17. The number of amides is 1. The topological polar surface area (TPSA) is 61.8 Å². The van der Waals surface area contributed by atoms with E-state index >= 15 is 0 Å². The van der Waals surface area contributed by atoms with Gasteiger partial charge < -0.3 is 20.1 Å². The van der Waals surface area contributed by atoms with Gasteiger partial charge in [0.15, 0.2) is 0 Å². The molecule has 0 aliphatic carbocycles. The third-order valence-electron chi connectivity index (χ3n) is 3.17. The molecular weight excluding hydrogens is 220 g/mol. The van der Waals surface area contributed by atoms with Crippen LogP contribution in [0.2, 0.25) is 0 Å². The van der Waals surface area contributed by atoms with Gasteiger partial charge in [-0.15, -0.1) is 0 Å². The Labute approximate surface area is 103 Å². The van der Waals surface area contributed by atoms with Crippen LogP contribution in [0.25, 0.3) is 0 Å². The van der Waals surface area contributed by atoms with Crippen molar-refractivity contribution in [2.45, 2.75) is 31.7 Å². The van der Waals surface area contributed by atoms with Crippen molar-refractivity contribution in [1.82, 2.24) is 10.2 Å². The maximum absolute atomic E-state index is 12.0. The smallest absolute Gasteiger partial charge is 0.236 e. The SMILES string of the molecule is COCCNCC(=O)N1CCCCC1CCO. The summed E-state index contributed by atoms with van der Waals surface area (Å²) in [7, 11) is 1.64. The number of ether oxygens (including phenoxy) is 1. The first-order valence-corrected chi connectivity index (χ1v) is 6.39. The number of methoxy groups -OCH3 is 1. The Morgan fingerprint density at radius 1 is 1.53 bits per heavy atom. The molecule has 1 amide bonds. The van der Waals surface area contributed by atoms with Crippen molar-refractivity contribution in [3.8, 4) is 0 Å². The van der Waals surface area contributed by atoms with E-state index in [1.165, 1.54) is 0 Å². The number of carbonyl (C=O) groups excluding carboxylic acids is 1. The van der Waals surface area contributed by atoms with Crippen molar-refractivity contribution in [1.29, 1.82) is 0 Å². The Morgan fingerprint density at radius 2 is 2.35 bits per heavy atom. The number of likely N-dealkylation sites (tertiary alicyclic amines) is 1. The van der Waals surface area contributed by atoms with Crippen molar-refractivity contribution in [3.05, 3.63) is 0 Å². The Bertz CT molecular complexity index is 222. The number of rotatable bonds is 7. The Hall–Kier alpha value is -0.650. The molecule has 0 spiro atoms. The van der Waals surface area contributed by atoms with Gasteiger partial charge in [0.1, 0.15) is 0 Å². The molecule has 0 aromatic heterocycles. The predicted molar refractivity (Wildman–Crippen MR) is 65.8 cm³/mol. The summed E-state index contributed by atoms with van der Waals surface area (Å²) in [4.78, 5) is 13.9. The number of hydrogen-bond donors (Lipinski definition) is 2. The van der Waals surface area contributed by atoms with Crippen LogP contribution in [0.5, 0.6) is 0 Å². The molecule has 5 heteroatoms. The molecular formula is C12H24N2O3. The summed E-state index contributed by atoms with van der Waals surface area (Å²) < 4.78 is 4.91. The second-order valence-electron chi connectivity index (χ2n) is 4.42. The summed E-state index contributed by atoms with van der Waals surface area (Å²) >= 11 is 0. The standard InChI is InChI=1S/C12H24N2O3/c1-17-9-6-13-10-12(16)14-7-3-2-4-11(14)5-8-15/h11,13,15H,2-10H2,1H3. The second-order valence-corrected chi connectivity index (χ2v) is 4.42. The van der Waals surface area contributed by atoms with Crippen molar-refractivity contribution >= 4 is 5.91 Å². The minimum absolute atomic E-state index is 0.138. The van der Waals surface area contributed by atoms with Crippen LogP contribution in [-0.4, -0.2) is 61.9 Å². The highest BCUT2D eigenvalue weighted by Gasteiger charge is 2.25. The molecule has 0 bridgehead atoms. The van der Waals surface area contributed by atoms with Crippen LogP contribution in [0.15, 0.2) is 0 Å². The van der Waals surface area contributed by atoms with Crippen LogP contribution < -0.4 is 5.32 Å². The lowest BCUT2D eigenvalue weighted by Crippen LogP contribution is -2.47. The highest BCUT2D eigenvalue weighted by atomic mass is 16.5. The van der Waals surface area contributed by atoms with Gasteiger partial charge in [-0.1, -0.05) is 0 Å². The third kappa shape index (κ3) is 5.02. The zero-order valence-corrected chi connectivity index (χ0v) is 10.7. The van der Waals surface area contributed by atoms with Crippen LogP contribution in [0.3, 0.4) is 0 Å². The summed E-state index contributed by atoms with van der Waals surface area (Å²) in [5, 5.41) is 12.1. The molecule has 1 atom stereocenters. The summed E-state index contributed by atoms with van der Waals surface area (Å²) in [6.07, 6.45) is 3.95. The fourth-order valence-corrected chi connectivity index (χ4v) is 2.25. The van der Waals surface area contributed by atoms with E-state index in [1.807, 2.05) is 4.90 Å². The molecule has 0 aromatic carbocycles. The van der Waals surface area contributed by atoms with Gasteiger partial charge in [-0.3, -0.25) is 4.79 Å². The number of nitrogens with one attached hydrogen (secondary N) is 1. The molecule has 1 unspecified atom stereocenters. The van der Waals surface area contributed by atoms with Gasteiger partial charge in [-0.2, -0.15) is 0 Å². The first-order valence-electron chi connectivity index (χ1n) is 6.39. The van der Waals surface area contributed by atoms with Crippen LogP contribution in [0, 0.1) is 0 Å². The van der Waals surface area contributed by atoms with Crippen molar-refractivity contribution < 1.29 is 14.6 Å². The van der Waals surface area contributed by atoms with E-state index in [2.05, 4.69) is 5.32 Å². The molecule has 100 valence electrons. The highest BCUT2D eigenvalue weighted by molar-refractivity contribution is 5.78. The molecule has 1 rings (SSSR count). The lowest BCUT2D eigenvalue weighted by Gasteiger charge is -2.35. The Kier molecular flexibility index (Phi) is 7.16. The van der Waals surface area contributed by atoms with Gasteiger partial charge in [0, 0.05) is 32.8 Å². The van der Waals surface area contributed by atoms with Gasteiger partial charge in [0.05, 0.1) is 13.2 Å². The van der Waals surface area contributed by atoms with Gasteiger partial charge in [0.2, 0.25) is 5.91 Å². The molecule has 0 aromatic rings. The van der Waals surface area contributed by atoms with Crippen molar-refractivity contribution in [2.24, 2.45) is 0 Å². The van der Waals surface area contributed by atoms with Crippen LogP contribution >= 0.6 is 0 Å². The number of carbonyl (C=O) groups is 1. The minimum Gasteiger partial charge on any atom is -0.396 e. The monoisotopic (exact) mass is 244 g/mol. The lowest BCUT2D eigenvalue weighted by molar-refractivity contribution is -0.134. The Balaban J connectivity index is 2.31. The summed E-state index contributed by atoms with van der Waals surface area (Å²) in [5.74, 6) is 0.138. The summed E-state index contributed by atoms with van der Waals surface area (Å²) in [6, 6.07) is 0.227. The molecule has 2 N–H and O–H groups in total. The van der Waals surface area contributed by atoms with Crippen LogP contribution in [-0.2, 0) is 9.53 Å². The normalized spacial score (nSPS) is 20.6. The fourth-order valence-electron chi connectivity index (χ4n) is 2.25. The maximum Gasteiger partial charge on any atom is 0.236 e. The molecule has 1 saturated heterocycles. The summed E-state index contributed by atoms with van der Waals surface area (Å²) in [6.45, 7) is 2.67. The van der Waals surface area contributed by atoms with Crippen LogP contribution in [0.4, 0.5) is 0 Å². The fraction of sp³-hybridized carbons (Fsp3) is 0.917. The minimum atomic E-state index is 0.138. The van der Waals surface area contributed by atoms with E-state index in [0.717, 1.165) is 25.8 Å². The first-order chi connectivity index (χ1) is 8.29. The molecule has 1 heterocycles. The van der Waals surface area contributed by atoms with E-state index in [1.54, 1.807) is 7.11 Å². The average molecular weight is 244 g/mol. The number of aliphatic hydroxyl groups excluding tert-OH is 1. The zero-order chi connectivity index (χ0) is 12.5. The number of aliphatic hydroxyl groups is 1. The second kappa shape index (κ2) is 8.44.